The summed E-state index contributed by atoms with van der Waals surface area (Å²) in [5.41, 5.74) is 3.71. The lowest BCUT2D eigenvalue weighted by Gasteiger charge is -1.96. The molecule has 5 nitrogen and oxygen atoms in total. The normalized spacial score (nSPS) is 10.9. The molecule has 1 aromatic carbocycles. The van der Waals surface area contributed by atoms with Gasteiger partial charge >= 0.3 is 0 Å². The number of benzene rings is 1. The molecule has 0 aliphatic heterocycles. The molecule has 6 heteroatoms. The molecule has 0 aliphatic carbocycles. The molecule has 2 aromatic heterocycles. The predicted octanol–water partition coefficient (Wildman–Crippen LogP) is 3.03. The minimum absolute atomic E-state index is 0.355. The molecule has 0 saturated heterocycles. The van der Waals surface area contributed by atoms with Gasteiger partial charge in [0.2, 0.25) is 5.89 Å². The minimum atomic E-state index is 0.355. The van der Waals surface area contributed by atoms with Crippen molar-refractivity contribution in [1.82, 2.24) is 20.0 Å². The summed E-state index contributed by atoms with van der Waals surface area (Å²) in [6, 6.07) is 8.05. The van der Waals surface area contributed by atoms with Crippen LogP contribution in [0.3, 0.4) is 0 Å². The van der Waals surface area contributed by atoms with Crippen LogP contribution in [0.25, 0.3) is 11.5 Å². The van der Waals surface area contributed by atoms with E-state index in [1.807, 2.05) is 31.2 Å². The molecule has 3 aromatic rings. The van der Waals surface area contributed by atoms with Gasteiger partial charge < -0.3 is 4.42 Å². The summed E-state index contributed by atoms with van der Waals surface area (Å²) in [5, 5.41) is 7.90. The minimum Gasteiger partial charge on any atom is -0.444 e. The first-order chi connectivity index (χ1) is 9.74. The fourth-order valence-corrected chi connectivity index (χ4v) is 1.97. The average Bonchev–Trinajstić information content (AvgIpc) is 3.09. The summed E-state index contributed by atoms with van der Waals surface area (Å²) in [6.07, 6.45) is 3.43. The Morgan fingerprint density at radius 2 is 2.00 bits per heavy atom. The van der Waals surface area contributed by atoms with Crippen LogP contribution in [0, 0.1) is 6.92 Å². The van der Waals surface area contributed by atoms with Crippen molar-refractivity contribution >= 4 is 11.6 Å². The summed E-state index contributed by atoms with van der Waals surface area (Å²) in [6.45, 7) is 2.56. The monoisotopic (exact) mass is 288 g/mol. The lowest BCUT2D eigenvalue weighted by molar-refractivity contribution is 0.568. The molecule has 0 atom stereocenters. The highest BCUT2D eigenvalue weighted by Gasteiger charge is 2.08. The van der Waals surface area contributed by atoms with Crippen LogP contribution in [-0.4, -0.2) is 20.0 Å². The number of aryl methyl sites for hydroxylation is 1. The number of nitrogens with zero attached hydrogens (tertiary/aromatic N) is 4. The Hall–Kier alpha value is -2.14. The van der Waals surface area contributed by atoms with Crippen LogP contribution in [0.2, 0.25) is 0 Å². The maximum atomic E-state index is 5.69. The van der Waals surface area contributed by atoms with E-state index in [1.54, 1.807) is 17.1 Å². The molecule has 0 amide bonds. The molecule has 20 heavy (non-hydrogen) atoms. The number of hydrogen-bond acceptors (Lipinski definition) is 4. The second-order valence-electron chi connectivity index (χ2n) is 4.55. The van der Waals surface area contributed by atoms with Crippen LogP contribution in [0.4, 0.5) is 0 Å². The number of hydrogen-bond donors (Lipinski definition) is 0. The molecule has 0 bridgehead atoms. The van der Waals surface area contributed by atoms with E-state index in [1.165, 1.54) is 5.56 Å². The summed E-state index contributed by atoms with van der Waals surface area (Å²) in [4.78, 5) is 4.45. The van der Waals surface area contributed by atoms with Crippen molar-refractivity contribution in [2.45, 2.75) is 19.3 Å². The van der Waals surface area contributed by atoms with E-state index in [9.17, 15) is 0 Å². The molecule has 0 saturated carbocycles. The van der Waals surface area contributed by atoms with Gasteiger partial charge in [-0.3, -0.25) is 0 Å². The quantitative estimate of drug-likeness (QED) is 0.693. The van der Waals surface area contributed by atoms with Crippen LogP contribution < -0.4 is 0 Å². The van der Waals surface area contributed by atoms with Crippen LogP contribution in [-0.2, 0) is 12.4 Å². The van der Waals surface area contributed by atoms with E-state index in [0.717, 1.165) is 17.0 Å². The maximum absolute atomic E-state index is 5.69. The molecular weight excluding hydrogens is 276 g/mol. The SMILES string of the molecule is Cc1ccc(-c2nc(Cn3cc(CCl)nn3)co2)cc1. The van der Waals surface area contributed by atoms with Gasteiger partial charge in [0.05, 0.1) is 24.3 Å². The van der Waals surface area contributed by atoms with Crippen molar-refractivity contribution < 1.29 is 4.42 Å². The molecule has 2 heterocycles. The number of aromatic nitrogens is 4. The highest BCUT2D eigenvalue weighted by atomic mass is 35.5. The van der Waals surface area contributed by atoms with Crippen molar-refractivity contribution in [1.29, 1.82) is 0 Å². The highest BCUT2D eigenvalue weighted by Crippen LogP contribution is 2.19. The van der Waals surface area contributed by atoms with Crippen molar-refractivity contribution in [3.8, 4) is 11.5 Å². The second-order valence-corrected chi connectivity index (χ2v) is 4.82. The Morgan fingerprint density at radius 1 is 1.20 bits per heavy atom. The van der Waals surface area contributed by atoms with Crippen LogP contribution in [0.5, 0.6) is 0 Å². The summed E-state index contributed by atoms with van der Waals surface area (Å²) in [7, 11) is 0. The van der Waals surface area contributed by atoms with Crippen molar-refractivity contribution in [2.24, 2.45) is 0 Å². The Bertz CT molecular complexity index is 702. The predicted molar refractivity (Wildman–Crippen MR) is 75.4 cm³/mol. The average molecular weight is 289 g/mol. The van der Waals surface area contributed by atoms with Crippen molar-refractivity contribution in [2.75, 3.05) is 0 Å². The largest absolute Gasteiger partial charge is 0.444 e. The maximum Gasteiger partial charge on any atom is 0.226 e. The van der Waals surface area contributed by atoms with Gasteiger partial charge in [-0.1, -0.05) is 22.9 Å². The Kier molecular flexibility index (Phi) is 3.52. The third kappa shape index (κ3) is 2.72. The number of halogens is 1. The Labute approximate surface area is 121 Å². The fraction of sp³-hybridized carbons (Fsp3) is 0.214. The van der Waals surface area contributed by atoms with Crippen LogP contribution in [0.1, 0.15) is 17.0 Å². The Balaban J connectivity index is 1.78. The van der Waals surface area contributed by atoms with E-state index < -0.39 is 0 Å². The third-order valence-corrected chi connectivity index (χ3v) is 3.17. The molecule has 102 valence electrons. The van der Waals surface area contributed by atoms with Crippen LogP contribution >= 0.6 is 11.6 Å². The van der Waals surface area contributed by atoms with Gasteiger partial charge in [0.25, 0.3) is 0 Å². The second kappa shape index (κ2) is 5.46. The molecule has 0 N–H and O–H groups in total. The van der Waals surface area contributed by atoms with Gasteiger partial charge in [-0.2, -0.15) is 0 Å². The molecule has 0 fully saturated rings. The first-order valence-electron chi connectivity index (χ1n) is 6.21. The third-order valence-electron chi connectivity index (χ3n) is 2.90. The molecule has 0 spiro atoms. The van der Waals surface area contributed by atoms with Gasteiger partial charge in [-0.25, -0.2) is 9.67 Å². The number of rotatable bonds is 4. The smallest absolute Gasteiger partial charge is 0.226 e. The zero-order valence-corrected chi connectivity index (χ0v) is 11.7. The zero-order chi connectivity index (χ0) is 13.9. The van der Waals surface area contributed by atoms with Gasteiger partial charge in [0.15, 0.2) is 0 Å². The van der Waals surface area contributed by atoms with E-state index >= 15 is 0 Å². The number of alkyl halides is 1. The van der Waals surface area contributed by atoms with Gasteiger partial charge in [0.1, 0.15) is 12.0 Å². The summed E-state index contributed by atoms with van der Waals surface area (Å²) >= 11 is 5.69. The summed E-state index contributed by atoms with van der Waals surface area (Å²) in [5.74, 6) is 0.964. The van der Waals surface area contributed by atoms with E-state index in [-0.39, 0.29) is 0 Å². The first kappa shape index (κ1) is 12.9. The lowest BCUT2D eigenvalue weighted by atomic mass is 10.1. The highest BCUT2D eigenvalue weighted by molar-refractivity contribution is 6.16. The topological polar surface area (TPSA) is 56.7 Å². The van der Waals surface area contributed by atoms with Crippen molar-refractivity contribution in [3.05, 3.63) is 53.7 Å². The molecular formula is C14H13ClN4O. The summed E-state index contributed by atoms with van der Waals surface area (Å²) < 4.78 is 7.19. The van der Waals surface area contributed by atoms with E-state index in [4.69, 9.17) is 16.0 Å². The zero-order valence-electron chi connectivity index (χ0n) is 11.0. The first-order valence-corrected chi connectivity index (χ1v) is 6.74. The molecule has 0 aliphatic rings. The molecule has 3 rings (SSSR count). The van der Waals surface area contributed by atoms with E-state index in [2.05, 4.69) is 15.3 Å². The van der Waals surface area contributed by atoms with E-state index in [0.29, 0.717) is 18.3 Å². The lowest BCUT2D eigenvalue weighted by Crippen LogP contribution is -2.00. The number of oxazole rings is 1. The van der Waals surface area contributed by atoms with Gasteiger partial charge in [0, 0.05) is 5.56 Å². The van der Waals surface area contributed by atoms with Gasteiger partial charge in [-0.05, 0) is 19.1 Å². The standard InChI is InChI=1S/C14H13ClN4O/c1-10-2-4-11(5-3-10)14-16-13(9-20-14)8-19-7-12(6-15)17-18-19/h2-5,7,9H,6,8H2,1H3. The molecule has 0 radical (unpaired) electrons. The van der Waals surface area contributed by atoms with Gasteiger partial charge in [-0.15, -0.1) is 16.7 Å². The van der Waals surface area contributed by atoms with Crippen LogP contribution in [0.15, 0.2) is 41.1 Å². The molecule has 0 unspecified atom stereocenters. The Morgan fingerprint density at radius 3 is 2.70 bits per heavy atom. The fourth-order valence-electron chi connectivity index (χ4n) is 1.85. The van der Waals surface area contributed by atoms with Crippen molar-refractivity contribution in [3.63, 3.8) is 0 Å².